The molecule has 5 rings (SSSR count). The van der Waals surface area contributed by atoms with E-state index in [1.165, 1.54) is 0 Å². The Morgan fingerprint density at radius 2 is 1.41 bits per heavy atom. The Balaban J connectivity index is 1.67. The number of rotatable bonds is 3. The van der Waals surface area contributed by atoms with Crippen LogP contribution in [0.4, 0.5) is 0 Å². The van der Waals surface area contributed by atoms with Gasteiger partial charge in [0, 0.05) is 36.0 Å². The molecule has 1 aliphatic carbocycles. The zero-order valence-corrected chi connectivity index (χ0v) is 17.8. The van der Waals surface area contributed by atoms with Gasteiger partial charge in [-0.3, -0.25) is 19.4 Å². The SMILES string of the molecule is CON1C(C)(C)C2C(C1(C)C)C2(N1CCOCC1)N1C(=O)c2ccccc2C1=O. The standard InChI is InChI=1S/C22H29N3O4/c1-20(2)16-17(21(3,4)25(20)28-5)22(16,23-10-12-29-13-11-23)24-18(26)14-8-6-7-9-15(14)19(24)27/h6-9,16-17H,10-13H2,1-5H3. The van der Waals surface area contributed by atoms with Crippen LogP contribution in [0, 0.1) is 11.8 Å². The highest BCUT2D eigenvalue weighted by Gasteiger charge is 2.87. The first-order valence-corrected chi connectivity index (χ1v) is 10.4. The molecule has 3 fully saturated rings. The summed E-state index contributed by atoms with van der Waals surface area (Å²) in [6.07, 6.45) is 0. The molecule has 1 aromatic rings. The van der Waals surface area contributed by atoms with Crippen molar-refractivity contribution in [3.8, 4) is 0 Å². The fourth-order valence-corrected chi connectivity index (χ4v) is 6.93. The van der Waals surface area contributed by atoms with E-state index in [-0.39, 0.29) is 34.7 Å². The Morgan fingerprint density at radius 3 is 1.86 bits per heavy atom. The van der Waals surface area contributed by atoms with E-state index in [1.807, 2.05) is 17.2 Å². The lowest BCUT2D eigenvalue weighted by atomic mass is 9.93. The molecule has 0 spiro atoms. The number of carbonyl (C=O) groups is 2. The first-order chi connectivity index (χ1) is 13.7. The molecule has 2 amide bonds. The van der Waals surface area contributed by atoms with Crippen molar-refractivity contribution in [3.05, 3.63) is 35.4 Å². The summed E-state index contributed by atoms with van der Waals surface area (Å²) in [5.41, 5.74) is -0.310. The molecule has 1 saturated carbocycles. The largest absolute Gasteiger partial charge is 0.379 e. The minimum absolute atomic E-state index is 0.0882. The molecule has 7 nitrogen and oxygen atoms in total. The van der Waals surface area contributed by atoms with Crippen molar-refractivity contribution in [2.75, 3.05) is 33.4 Å². The zero-order chi connectivity index (χ0) is 20.8. The average molecular weight is 399 g/mol. The number of amides is 2. The van der Waals surface area contributed by atoms with Crippen molar-refractivity contribution >= 4 is 11.8 Å². The summed E-state index contributed by atoms with van der Waals surface area (Å²) in [4.78, 5) is 36.8. The van der Waals surface area contributed by atoms with Crippen LogP contribution in [0.5, 0.6) is 0 Å². The quantitative estimate of drug-likeness (QED) is 0.725. The number of hydrogen-bond acceptors (Lipinski definition) is 6. The summed E-state index contributed by atoms with van der Waals surface area (Å²) in [5, 5.41) is 2.05. The highest BCUT2D eigenvalue weighted by atomic mass is 16.7. The van der Waals surface area contributed by atoms with E-state index in [4.69, 9.17) is 9.57 Å². The molecule has 0 N–H and O–H groups in total. The maximum Gasteiger partial charge on any atom is 0.263 e. The number of morpholine rings is 1. The van der Waals surface area contributed by atoms with Crippen LogP contribution in [-0.2, 0) is 9.57 Å². The van der Waals surface area contributed by atoms with Crippen molar-refractivity contribution < 1.29 is 19.2 Å². The summed E-state index contributed by atoms with van der Waals surface area (Å²) in [5.74, 6) is -0.181. The Bertz CT molecular complexity index is 833. The number of fused-ring (bicyclic) bond motifs is 2. The minimum Gasteiger partial charge on any atom is -0.379 e. The maximum absolute atomic E-state index is 13.5. The fourth-order valence-electron chi connectivity index (χ4n) is 6.93. The molecule has 3 aliphatic heterocycles. The van der Waals surface area contributed by atoms with Crippen LogP contribution in [0.2, 0.25) is 0 Å². The van der Waals surface area contributed by atoms with Gasteiger partial charge in [-0.1, -0.05) is 12.1 Å². The van der Waals surface area contributed by atoms with E-state index in [1.54, 1.807) is 24.1 Å². The third-order valence-electron chi connectivity index (χ3n) is 7.56. The van der Waals surface area contributed by atoms with Gasteiger partial charge in [0.2, 0.25) is 0 Å². The van der Waals surface area contributed by atoms with Gasteiger partial charge < -0.3 is 9.57 Å². The van der Waals surface area contributed by atoms with Crippen LogP contribution in [0.25, 0.3) is 0 Å². The molecule has 3 heterocycles. The van der Waals surface area contributed by atoms with Gasteiger partial charge in [-0.2, -0.15) is 5.06 Å². The Kier molecular flexibility index (Phi) is 3.89. The van der Waals surface area contributed by atoms with Gasteiger partial charge in [0.05, 0.1) is 31.5 Å². The van der Waals surface area contributed by atoms with Crippen molar-refractivity contribution in [2.45, 2.75) is 44.4 Å². The van der Waals surface area contributed by atoms with E-state index in [0.717, 1.165) is 0 Å². The number of carbonyl (C=O) groups excluding carboxylic acids is 2. The second kappa shape index (κ2) is 5.88. The third kappa shape index (κ3) is 2.11. The van der Waals surface area contributed by atoms with Crippen LogP contribution in [0.3, 0.4) is 0 Å². The molecule has 4 aliphatic rings. The second-order valence-electron chi connectivity index (χ2n) is 9.61. The predicted molar refractivity (Wildman–Crippen MR) is 106 cm³/mol. The number of imide groups is 1. The van der Waals surface area contributed by atoms with E-state index < -0.39 is 5.66 Å². The summed E-state index contributed by atoms with van der Waals surface area (Å²) in [6, 6.07) is 7.17. The van der Waals surface area contributed by atoms with Gasteiger partial charge in [0.15, 0.2) is 0 Å². The Morgan fingerprint density at radius 1 is 0.931 bits per heavy atom. The van der Waals surface area contributed by atoms with Crippen molar-refractivity contribution in [1.82, 2.24) is 14.9 Å². The van der Waals surface area contributed by atoms with Crippen LogP contribution in [0.1, 0.15) is 48.4 Å². The van der Waals surface area contributed by atoms with Gasteiger partial charge in [-0.25, -0.2) is 0 Å². The maximum atomic E-state index is 13.5. The molecule has 2 atom stereocenters. The molecule has 7 heteroatoms. The summed E-state index contributed by atoms with van der Waals surface area (Å²) in [6.45, 7) is 11.3. The smallest absolute Gasteiger partial charge is 0.263 e. The van der Waals surface area contributed by atoms with Crippen molar-refractivity contribution in [2.24, 2.45) is 11.8 Å². The van der Waals surface area contributed by atoms with Crippen molar-refractivity contribution in [3.63, 3.8) is 0 Å². The van der Waals surface area contributed by atoms with Crippen LogP contribution < -0.4 is 0 Å². The molecule has 1 aromatic carbocycles. The minimum atomic E-state index is -0.654. The topological polar surface area (TPSA) is 62.3 Å². The number of benzene rings is 1. The molecular formula is C22H29N3O4. The molecule has 0 aromatic heterocycles. The lowest BCUT2D eigenvalue weighted by Crippen LogP contribution is -2.66. The normalized spacial score (nSPS) is 35.7. The van der Waals surface area contributed by atoms with E-state index in [9.17, 15) is 9.59 Å². The second-order valence-corrected chi connectivity index (χ2v) is 9.61. The highest BCUT2D eigenvalue weighted by Crippen LogP contribution is 2.73. The number of hydroxylamine groups is 2. The monoisotopic (exact) mass is 399 g/mol. The molecule has 2 saturated heterocycles. The molecule has 0 radical (unpaired) electrons. The first kappa shape index (κ1) is 19.2. The summed E-state index contributed by atoms with van der Waals surface area (Å²) >= 11 is 0. The number of piperidine rings is 1. The van der Waals surface area contributed by atoms with E-state index in [0.29, 0.717) is 37.4 Å². The van der Waals surface area contributed by atoms with Gasteiger partial charge in [-0.05, 0) is 39.8 Å². The molecular weight excluding hydrogens is 370 g/mol. The van der Waals surface area contributed by atoms with Crippen molar-refractivity contribution in [1.29, 1.82) is 0 Å². The van der Waals surface area contributed by atoms with Gasteiger partial charge in [0.1, 0.15) is 5.66 Å². The summed E-state index contributed by atoms with van der Waals surface area (Å²) in [7, 11) is 1.70. The van der Waals surface area contributed by atoms with Gasteiger partial charge in [0.25, 0.3) is 11.8 Å². The Hall–Kier alpha value is -1.80. The third-order valence-corrected chi connectivity index (χ3v) is 7.56. The highest BCUT2D eigenvalue weighted by molar-refractivity contribution is 6.22. The number of hydrogen-bond donors (Lipinski definition) is 0. The molecule has 156 valence electrons. The first-order valence-electron chi connectivity index (χ1n) is 10.4. The van der Waals surface area contributed by atoms with E-state index >= 15 is 0 Å². The van der Waals surface area contributed by atoms with Crippen LogP contribution in [0.15, 0.2) is 24.3 Å². The molecule has 0 bridgehead atoms. The van der Waals surface area contributed by atoms with Gasteiger partial charge >= 0.3 is 0 Å². The van der Waals surface area contributed by atoms with Crippen LogP contribution >= 0.6 is 0 Å². The number of ether oxygens (including phenoxy) is 1. The number of nitrogens with zero attached hydrogens (tertiary/aromatic N) is 3. The van der Waals surface area contributed by atoms with E-state index in [2.05, 4.69) is 32.6 Å². The fraction of sp³-hybridized carbons (Fsp3) is 0.636. The molecule has 29 heavy (non-hydrogen) atoms. The Labute approximate surface area is 171 Å². The van der Waals surface area contributed by atoms with Crippen LogP contribution in [-0.4, -0.2) is 76.8 Å². The predicted octanol–water partition coefficient (Wildman–Crippen LogP) is 1.99. The zero-order valence-electron chi connectivity index (χ0n) is 17.8. The van der Waals surface area contributed by atoms with Gasteiger partial charge in [-0.15, -0.1) is 0 Å². The average Bonchev–Trinajstić information content (AvgIpc) is 3.30. The summed E-state index contributed by atoms with van der Waals surface area (Å²) < 4.78 is 5.60. The lowest BCUT2D eigenvalue weighted by Gasteiger charge is -2.51. The lowest BCUT2D eigenvalue weighted by molar-refractivity contribution is -0.248. The molecule has 2 unspecified atom stereocenters.